The topological polar surface area (TPSA) is 63.1 Å². The molecule has 2 aromatic rings. The third-order valence-electron chi connectivity index (χ3n) is 2.33. The number of halogens is 2. The predicted octanol–water partition coefficient (Wildman–Crippen LogP) is 2.43. The van der Waals surface area contributed by atoms with E-state index in [2.05, 4.69) is 9.97 Å². The fourth-order valence-electron chi connectivity index (χ4n) is 1.49. The summed E-state index contributed by atoms with van der Waals surface area (Å²) >= 11 is 0. The highest BCUT2D eigenvalue weighted by Crippen LogP contribution is 2.23. The average molecular weight is 250 g/mol. The van der Waals surface area contributed by atoms with Gasteiger partial charge >= 0.3 is 5.97 Å². The minimum Gasteiger partial charge on any atom is -0.478 e. The molecule has 0 atom stereocenters. The van der Waals surface area contributed by atoms with E-state index in [1.807, 2.05) is 0 Å². The minimum absolute atomic E-state index is 0.0638. The van der Waals surface area contributed by atoms with Crippen molar-refractivity contribution in [2.24, 2.45) is 0 Å². The Bertz CT molecular complexity index is 629. The molecule has 1 N–H and O–H groups in total. The molecule has 0 radical (unpaired) electrons. The van der Waals surface area contributed by atoms with Crippen LogP contribution in [0.1, 0.15) is 16.2 Å². The molecule has 0 aliphatic heterocycles. The molecule has 2 rings (SSSR count). The zero-order chi connectivity index (χ0) is 13.3. The Hall–Kier alpha value is -2.37. The number of carboxylic acids is 1. The Morgan fingerprint density at radius 2 is 2.00 bits per heavy atom. The fourth-order valence-corrected chi connectivity index (χ4v) is 1.49. The lowest BCUT2D eigenvalue weighted by Crippen LogP contribution is -2.04. The molecule has 1 aromatic carbocycles. The van der Waals surface area contributed by atoms with Crippen molar-refractivity contribution in [2.45, 2.75) is 6.92 Å². The van der Waals surface area contributed by atoms with E-state index in [0.717, 1.165) is 18.3 Å². The van der Waals surface area contributed by atoms with Gasteiger partial charge in [0.2, 0.25) is 0 Å². The molecule has 0 spiro atoms. The van der Waals surface area contributed by atoms with Gasteiger partial charge in [0.1, 0.15) is 11.4 Å². The Kier molecular flexibility index (Phi) is 3.01. The molecule has 4 nitrogen and oxygen atoms in total. The van der Waals surface area contributed by atoms with Crippen LogP contribution in [-0.2, 0) is 0 Å². The monoisotopic (exact) mass is 250 g/mol. The van der Waals surface area contributed by atoms with Crippen LogP contribution in [-0.4, -0.2) is 21.0 Å². The van der Waals surface area contributed by atoms with Crippen molar-refractivity contribution in [3.63, 3.8) is 0 Å². The largest absolute Gasteiger partial charge is 0.478 e. The molecule has 0 aliphatic rings. The molecule has 0 aliphatic carbocycles. The van der Waals surface area contributed by atoms with E-state index in [4.69, 9.17) is 5.11 Å². The van der Waals surface area contributed by atoms with Crippen LogP contribution in [0, 0.1) is 18.6 Å². The first kappa shape index (κ1) is 12.1. The van der Waals surface area contributed by atoms with Gasteiger partial charge in [-0.25, -0.2) is 23.5 Å². The summed E-state index contributed by atoms with van der Waals surface area (Å²) in [6.45, 7) is 1.58. The number of rotatable bonds is 2. The lowest BCUT2D eigenvalue weighted by molar-refractivity contribution is 0.0697. The average Bonchev–Trinajstić information content (AvgIpc) is 2.32. The van der Waals surface area contributed by atoms with E-state index >= 15 is 0 Å². The Morgan fingerprint density at radius 3 is 2.61 bits per heavy atom. The summed E-state index contributed by atoms with van der Waals surface area (Å²) in [4.78, 5) is 18.7. The van der Waals surface area contributed by atoms with Crippen molar-refractivity contribution in [1.29, 1.82) is 0 Å². The SMILES string of the molecule is Cc1ncc(C(=O)O)c(-c2ccc(F)c(F)c2)n1. The van der Waals surface area contributed by atoms with Crippen LogP contribution in [0.4, 0.5) is 8.78 Å². The fraction of sp³-hybridized carbons (Fsp3) is 0.0833. The summed E-state index contributed by atoms with van der Waals surface area (Å²) in [6.07, 6.45) is 1.14. The molecule has 0 saturated carbocycles. The molecule has 0 amide bonds. The minimum atomic E-state index is -1.23. The lowest BCUT2D eigenvalue weighted by atomic mass is 10.1. The van der Waals surface area contributed by atoms with Crippen LogP contribution in [0.3, 0.4) is 0 Å². The second-order valence-corrected chi connectivity index (χ2v) is 3.61. The maximum atomic E-state index is 13.1. The molecule has 92 valence electrons. The number of aromatic carboxylic acids is 1. The van der Waals surface area contributed by atoms with Crippen molar-refractivity contribution >= 4 is 5.97 Å². The van der Waals surface area contributed by atoms with Gasteiger partial charge in [0.25, 0.3) is 0 Å². The van der Waals surface area contributed by atoms with Gasteiger partial charge in [-0.15, -0.1) is 0 Å². The summed E-state index contributed by atoms with van der Waals surface area (Å²) in [5.41, 5.74) is 0.0947. The number of hydrogen-bond acceptors (Lipinski definition) is 3. The van der Waals surface area contributed by atoms with Gasteiger partial charge in [-0.05, 0) is 25.1 Å². The predicted molar refractivity (Wildman–Crippen MR) is 59.1 cm³/mol. The van der Waals surface area contributed by atoms with E-state index in [1.165, 1.54) is 6.07 Å². The van der Waals surface area contributed by atoms with Crippen molar-refractivity contribution in [2.75, 3.05) is 0 Å². The third-order valence-corrected chi connectivity index (χ3v) is 2.33. The smallest absolute Gasteiger partial charge is 0.339 e. The van der Waals surface area contributed by atoms with Gasteiger partial charge in [-0.1, -0.05) is 0 Å². The van der Waals surface area contributed by atoms with E-state index < -0.39 is 17.6 Å². The summed E-state index contributed by atoms with van der Waals surface area (Å²) in [5, 5.41) is 8.99. The number of aryl methyl sites for hydroxylation is 1. The zero-order valence-corrected chi connectivity index (χ0v) is 9.32. The van der Waals surface area contributed by atoms with Gasteiger partial charge in [0.05, 0.1) is 5.69 Å². The van der Waals surface area contributed by atoms with Gasteiger partial charge in [-0.3, -0.25) is 0 Å². The Labute approximate surface area is 101 Å². The first-order valence-electron chi connectivity index (χ1n) is 5.01. The van der Waals surface area contributed by atoms with Crippen LogP contribution in [0.2, 0.25) is 0 Å². The number of hydrogen-bond donors (Lipinski definition) is 1. The first-order valence-corrected chi connectivity index (χ1v) is 5.01. The molecule has 6 heteroatoms. The molecular weight excluding hydrogens is 242 g/mol. The molecule has 18 heavy (non-hydrogen) atoms. The highest BCUT2D eigenvalue weighted by molar-refractivity contribution is 5.94. The highest BCUT2D eigenvalue weighted by atomic mass is 19.2. The molecular formula is C12H8F2N2O2. The summed E-state index contributed by atoms with van der Waals surface area (Å²) in [5.74, 6) is -2.93. The van der Waals surface area contributed by atoms with Crippen molar-refractivity contribution < 1.29 is 18.7 Å². The van der Waals surface area contributed by atoms with E-state index in [0.29, 0.717) is 5.82 Å². The summed E-state index contributed by atoms with van der Waals surface area (Å²) < 4.78 is 26.0. The summed E-state index contributed by atoms with van der Waals surface area (Å²) in [7, 11) is 0. The molecule has 1 aromatic heterocycles. The highest BCUT2D eigenvalue weighted by Gasteiger charge is 2.15. The van der Waals surface area contributed by atoms with Crippen LogP contribution in [0.15, 0.2) is 24.4 Å². The number of benzene rings is 1. The van der Waals surface area contributed by atoms with Crippen molar-refractivity contribution in [1.82, 2.24) is 9.97 Å². The number of aromatic nitrogens is 2. The second kappa shape index (κ2) is 4.48. The zero-order valence-electron chi connectivity index (χ0n) is 9.32. The van der Waals surface area contributed by atoms with E-state index in [1.54, 1.807) is 6.92 Å². The van der Waals surface area contributed by atoms with Gasteiger partial charge in [-0.2, -0.15) is 0 Å². The van der Waals surface area contributed by atoms with Crippen molar-refractivity contribution in [3.05, 3.63) is 47.4 Å². The molecule has 1 heterocycles. The first-order chi connectivity index (χ1) is 8.49. The van der Waals surface area contributed by atoms with Crippen LogP contribution >= 0.6 is 0 Å². The normalized spacial score (nSPS) is 10.4. The third kappa shape index (κ3) is 2.17. The molecule has 0 unspecified atom stereocenters. The maximum absolute atomic E-state index is 13.1. The quantitative estimate of drug-likeness (QED) is 0.889. The van der Waals surface area contributed by atoms with Crippen LogP contribution < -0.4 is 0 Å². The van der Waals surface area contributed by atoms with Crippen LogP contribution in [0.25, 0.3) is 11.3 Å². The van der Waals surface area contributed by atoms with Crippen molar-refractivity contribution in [3.8, 4) is 11.3 Å². The van der Waals surface area contributed by atoms with Gasteiger partial charge in [0.15, 0.2) is 11.6 Å². The number of nitrogens with zero attached hydrogens (tertiary/aromatic N) is 2. The molecule has 0 bridgehead atoms. The maximum Gasteiger partial charge on any atom is 0.339 e. The van der Waals surface area contributed by atoms with Crippen LogP contribution in [0.5, 0.6) is 0 Å². The molecule has 0 fully saturated rings. The Balaban J connectivity index is 2.65. The van der Waals surface area contributed by atoms with Gasteiger partial charge in [0, 0.05) is 11.8 Å². The lowest BCUT2D eigenvalue weighted by Gasteiger charge is -2.06. The number of carboxylic acid groups (broad SMARTS) is 1. The molecule has 0 saturated heterocycles. The standard InChI is InChI=1S/C12H8F2N2O2/c1-6-15-5-8(12(17)18)11(16-6)7-2-3-9(13)10(14)4-7/h2-5H,1H3,(H,17,18). The number of carbonyl (C=O) groups is 1. The summed E-state index contributed by atoms with van der Waals surface area (Å²) in [6, 6.07) is 3.10. The second-order valence-electron chi connectivity index (χ2n) is 3.61. The Morgan fingerprint density at radius 1 is 1.28 bits per heavy atom. The van der Waals surface area contributed by atoms with E-state index in [9.17, 15) is 13.6 Å². The van der Waals surface area contributed by atoms with E-state index in [-0.39, 0.29) is 16.8 Å². The van der Waals surface area contributed by atoms with Gasteiger partial charge < -0.3 is 5.11 Å².